The maximum Gasteiger partial charge on any atom is 0.284 e. The van der Waals surface area contributed by atoms with Crippen molar-refractivity contribution in [2.75, 3.05) is 5.32 Å². The molecule has 2 aromatic carbocycles. The summed E-state index contributed by atoms with van der Waals surface area (Å²) in [5.74, 6) is 0. The van der Waals surface area contributed by atoms with Crippen LogP contribution in [0.2, 0.25) is 0 Å². The van der Waals surface area contributed by atoms with Gasteiger partial charge in [-0.05, 0) is 11.1 Å². The van der Waals surface area contributed by atoms with Crippen molar-refractivity contribution in [1.82, 2.24) is 3.96 Å². The molecule has 0 spiro atoms. The lowest BCUT2D eigenvalue weighted by molar-refractivity contribution is 0.849. The minimum absolute atomic E-state index is 0.0415. The second kappa shape index (κ2) is 6.41. The van der Waals surface area contributed by atoms with Crippen molar-refractivity contribution in [3.63, 3.8) is 0 Å². The van der Waals surface area contributed by atoms with Gasteiger partial charge in [0.2, 0.25) is 0 Å². The van der Waals surface area contributed by atoms with E-state index < -0.39 is 0 Å². The first kappa shape index (κ1) is 13.6. The topological polar surface area (TPSA) is 34.0 Å². The zero-order valence-corrected chi connectivity index (χ0v) is 12.3. The van der Waals surface area contributed by atoms with E-state index in [2.05, 4.69) is 5.32 Å². The molecule has 0 saturated carbocycles. The van der Waals surface area contributed by atoms with Crippen LogP contribution >= 0.6 is 11.5 Å². The van der Waals surface area contributed by atoms with Crippen molar-refractivity contribution in [2.45, 2.75) is 13.1 Å². The van der Waals surface area contributed by atoms with Gasteiger partial charge in [-0.2, -0.15) is 0 Å². The van der Waals surface area contributed by atoms with Gasteiger partial charge in [0.25, 0.3) is 5.56 Å². The summed E-state index contributed by atoms with van der Waals surface area (Å²) in [6, 6.07) is 20.1. The Balaban J connectivity index is 1.70. The lowest BCUT2D eigenvalue weighted by Gasteiger charge is -2.03. The summed E-state index contributed by atoms with van der Waals surface area (Å²) in [4.78, 5) is 12.3. The number of rotatable bonds is 5. The van der Waals surface area contributed by atoms with Crippen LogP contribution in [0.15, 0.2) is 70.8 Å². The number of benzene rings is 2. The Morgan fingerprint density at radius 3 is 2.19 bits per heavy atom. The lowest BCUT2D eigenvalue weighted by Crippen LogP contribution is -2.17. The predicted molar refractivity (Wildman–Crippen MR) is 87.9 cm³/mol. The summed E-state index contributed by atoms with van der Waals surface area (Å²) in [6.45, 7) is 1.29. The lowest BCUT2D eigenvalue weighted by atomic mass is 10.2. The van der Waals surface area contributed by atoms with E-state index in [9.17, 15) is 4.79 Å². The van der Waals surface area contributed by atoms with Crippen molar-refractivity contribution in [1.29, 1.82) is 0 Å². The van der Waals surface area contributed by atoms with Gasteiger partial charge in [-0.25, -0.2) is 0 Å². The minimum Gasteiger partial charge on any atom is -0.376 e. The van der Waals surface area contributed by atoms with E-state index in [0.717, 1.165) is 11.1 Å². The number of nitrogens with one attached hydrogen (secondary N) is 1. The van der Waals surface area contributed by atoms with Crippen LogP contribution in [0.3, 0.4) is 0 Å². The SMILES string of the molecule is O=c1c(NCc2ccccc2)csn1Cc1ccccc1. The third-order valence-electron chi connectivity index (χ3n) is 3.25. The molecule has 106 valence electrons. The second-order valence-electron chi connectivity index (χ2n) is 4.80. The van der Waals surface area contributed by atoms with Crippen molar-refractivity contribution in [2.24, 2.45) is 0 Å². The number of hydrogen-bond acceptors (Lipinski definition) is 3. The summed E-state index contributed by atoms with van der Waals surface area (Å²) >= 11 is 1.45. The van der Waals surface area contributed by atoms with Crippen LogP contribution in [0, 0.1) is 0 Å². The van der Waals surface area contributed by atoms with Crippen LogP contribution in [-0.4, -0.2) is 3.96 Å². The predicted octanol–water partition coefficient (Wildman–Crippen LogP) is 3.57. The highest BCUT2D eigenvalue weighted by atomic mass is 32.1. The fourth-order valence-electron chi connectivity index (χ4n) is 2.12. The largest absolute Gasteiger partial charge is 0.376 e. The molecule has 0 fully saturated rings. The van der Waals surface area contributed by atoms with Crippen LogP contribution in [0.5, 0.6) is 0 Å². The molecule has 0 aliphatic rings. The third kappa shape index (κ3) is 3.41. The number of aromatic nitrogens is 1. The first-order valence-corrected chi connectivity index (χ1v) is 7.67. The van der Waals surface area contributed by atoms with Crippen molar-refractivity contribution in [3.05, 3.63) is 87.5 Å². The van der Waals surface area contributed by atoms with Crippen molar-refractivity contribution >= 4 is 17.2 Å². The van der Waals surface area contributed by atoms with Gasteiger partial charge in [-0.3, -0.25) is 8.75 Å². The van der Waals surface area contributed by atoms with Gasteiger partial charge in [-0.1, -0.05) is 72.2 Å². The first-order valence-electron chi connectivity index (χ1n) is 6.83. The van der Waals surface area contributed by atoms with Crippen LogP contribution in [-0.2, 0) is 13.1 Å². The smallest absolute Gasteiger partial charge is 0.284 e. The molecular formula is C17H16N2OS. The van der Waals surface area contributed by atoms with Crippen LogP contribution < -0.4 is 10.9 Å². The zero-order valence-electron chi connectivity index (χ0n) is 11.5. The fraction of sp³-hybridized carbons (Fsp3) is 0.118. The number of nitrogens with zero attached hydrogens (tertiary/aromatic N) is 1. The molecule has 0 saturated heterocycles. The molecular weight excluding hydrogens is 280 g/mol. The molecule has 3 aromatic rings. The highest BCUT2D eigenvalue weighted by Gasteiger charge is 2.06. The molecule has 1 aromatic heterocycles. The molecule has 0 aliphatic heterocycles. The summed E-state index contributed by atoms with van der Waals surface area (Å²) in [6.07, 6.45) is 0. The van der Waals surface area contributed by atoms with Gasteiger partial charge in [-0.15, -0.1) is 0 Å². The van der Waals surface area contributed by atoms with Gasteiger partial charge >= 0.3 is 0 Å². The van der Waals surface area contributed by atoms with Gasteiger partial charge < -0.3 is 5.32 Å². The van der Waals surface area contributed by atoms with E-state index >= 15 is 0 Å². The molecule has 21 heavy (non-hydrogen) atoms. The van der Waals surface area contributed by atoms with Crippen molar-refractivity contribution < 1.29 is 0 Å². The molecule has 0 radical (unpaired) electrons. The van der Waals surface area contributed by atoms with Crippen LogP contribution in [0.4, 0.5) is 5.69 Å². The zero-order chi connectivity index (χ0) is 14.5. The van der Waals surface area contributed by atoms with Gasteiger partial charge in [0.05, 0.1) is 6.54 Å². The van der Waals surface area contributed by atoms with E-state index in [0.29, 0.717) is 18.8 Å². The van der Waals surface area contributed by atoms with E-state index in [-0.39, 0.29) is 5.56 Å². The maximum atomic E-state index is 12.3. The van der Waals surface area contributed by atoms with Gasteiger partial charge in [0, 0.05) is 11.9 Å². The Labute approximate surface area is 127 Å². The molecule has 1 heterocycles. The van der Waals surface area contributed by atoms with E-state index in [1.807, 2.05) is 66.0 Å². The first-order chi connectivity index (χ1) is 10.3. The summed E-state index contributed by atoms with van der Waals surface area (Å²) in [5, 5.41) is 5.10. The van der Waals surface area contributed by atoms with Crippen molar-refractivity contribution in [3.8, 4) is 0 Å². The molecule has 0 atom stereocenters. The summed E-state index contributed by atoms with van der Waals surface area (Å²) in [7, 11) is 0. The monoisotopic (exact) mass is 296 g/mol. The Kier molecular flexibility index (Phi) is 4.17. The van der Waals surface area contributed by atoms with Gasteiger partial charge in [0.15, 0.2) is 0 Å². The number of anilines is 1. The van der Waals surface area contributed by atoms with Crippen LogP contribution in [0.25, 0.3) is 0 Å². The van der Waals surface area contributed by atoms with E-state index in [4.69, 9.17) is 0 Å². The molecule has 0 amide bonds. The number of hydrogen-bond donors (Lipinski definition) is 1. The molecule has 4 heteroatoms. The Morgan fingerprint density at radius 2 is 1.52 bits per heavy atom. The maximum absolute atomic E-state index is 12.3. The third-order valence-corrected chi connectivity index (χ3v) is 4.14. The standard InChI is InChI=1S/C17H16N2OS/c20-17-16(18-11-14-7-3-1-4-8-14)13-21-19(17)12-15-9-5-2-6-10-15/h1-10,13,18H,11-12H2. The van der Waals surface area contributed by atoms with E-state index in [1.165, 1.54) is 11.5 Å². The minimum atomic E-state index is 0.0415. The summed E-state index contributed by atoms with van der Waals surface area (Å²) in [5.41, 5.74) is 3.01. The molecule has 0 bridgehead atoms. The molecule has 0 aliphatic carbocycles. The second-order valence-corrected chi connectivity index (χ2v) is 5.69. The Hall–Kier alpha value is -2.33. The molecule has 1 N–H and O–H groups in total. The summed E-state index contributed by atoms with van der Waals surface area (Å²) < 4.78 is 1.77. The van der Waals surface area contributed by atoms with Crippen LogP contribution in [0.1, 0.15) is 11.1 Å². The Bertz CT molecular complexity index is 747. The quantitative estimate of drug-likeness (QED) is 0.781. The average molecular weight is 296 g/mol. The normalized spacial score (nSPS) is 10.5. The average Bonchev–Trinajstić information content (AvgIpc) is 2.88. The highest BCUT2D eigenvalue weighted by Crippen LogP contribution is 2.11. The van der Waals surface area contributed by atoms with Gasteiger partial charge in [0.1, 0.15) is 5.69 Å². The molecule has 3 rings (SSSR count). The highest BCUT2D eigenvalue weighted by molar-refractivity contribution is 7.04. The fourth-order valence-corrected chi connectivity index (χ4v) is 2.95. The molecule has 0 unspecified atom stereocenters. The molecule has 3 nitrogen and oxygen atoms in total. The Morgan fingerprint density at radius 1 is 0.905 bits per heavy atom. The van der Waals surface area contributed by atoms with E-state index in [1.54, 1.807) is 3.96 Å².